The van der Waals surface area contributed by atoms with E-state index in [4.69, 9.17) is 42.2 Å². The summed E-state index contributed by atoms with van der Waals surface area (Å²) < 4.78 is 17.1. The summed E-state index contributed by atoms with van der Waals surface area (Å²) in [7, 11) is 0. The molecule has 10 heteroatoms. The van der Waals surface area contributed by atoms with Crippen molar-refractivity contribution < 1.29 is 28.6 Å². The first-order valence-corrected chi connectivity index (χ1v) is 11.5. The highest BCUT2D eigenvalue weighted by Gasteiger charge is 2.14. The first kappa shape index (κ1) is 25.1. The van der Waals surface area contributed by atoms with Gasteiger partial charge in [0.25, 0.3) is 0 Å². The number of hydrazone groups is 1. The number of halogens is 2. The standard InChI is InChI=1S/C26H20Cl2N2O6/c1-2-34-22-10-16(9-20(28)24(22)35-14-15-3-5-17(6-4-15)26(32)33)13-29-30-25(31)23-12-18-11-19(27)7-8-21(18)36-23/h3-13H,2,14H2,1H3,(H,30,31)(H,32,33)/b29-13-. The first-order chi connectivity index (χ1) is 17.3. The van der Waals surface area contributed by atoms with Gasteiger partial charge in [0.2, 0.25) is 0 Å². The van der Waals surface area contributed by atoms with Crippen LogP contribution in [0.5, 0.6) is 11.5 Å². The molecule has 3 aromatic carbocycles. The van der Waals surface area contributed by atoms with E-state index in [0.29, 0.717) is 39.7 Å². The number of fused-ring (bicyclic) bond motifs is 1. The Morgan fingerprint density at radius 3 is 2.56 bits per heavy atom. The summed E-state index contributed by atoms with van der Waals surface area (Å²) in [5, 5.41) is 14.5. The second-order valence-electron chi connectivity index (χ2n) is 7.55. The van der Waals surface area contributed by atoms with Crippen LogP contribution in [0.25, 0.3) is 11.0 Å². The summed E-state index contributed by atoms with van der Waals surface area (Å²) in [4.78, 5) is 23.4. The number of carbonyl (C=O) groups excluding carboxylic acids is 1. The molecule has 4 rings (SSSR count). The number of ether oxygens (including phenoxy) is 2. The van der Waals surface area contributed by atoms with Gasteiger partial charge in [-0.05, 0) is 66.6 Å². The van der Waals surface area contributed by atoms with Gasteiger partial charge >= 0.3 is 11.9 Å². The Labute approximate surface area is 216 Å². The van der Waals surface area contributed by atoms with E-state index in [-0.39, 0.29) is 23.0 Å². The van der Waals surface area contributed by atoms with Gasteiger partial charge in [0.15, 0.2) is 17.3 Å². The Morgan fingerprint density at radius 2 is 1.83 bits per heavy atom. The van der Waals surface area contributed by atoms with Crippen molar-refractivity contribution in [3.63, 3.8) is 0 Å². The second kappa shape index (κ2) is 11.2. The minimum absolute atomic E-state index is 0.0950. The molecule has 0 radical (unpaired) electrons. The zero-order valence-corrected chi connectivity index (χ0v) is 20.5. The minimum Gasteiger partial charge on any atom is -0.490 e. The molecule has 8 nitrogen and oxygen atoms in total. The van der Waals surface area contributed by atoms with Gasteiger partial charge in [0.1, 0.15) is 12.2 Å². The number of carbonyl (C=O) groups is 2. The number of aromatic carboxylic acids is 1. The Morgan fingerprint density at radius 1 is 1.06 bits per heavy atom. The number of amides is 1. The molecule has 1 heterocycles. The van der Waals surface area contributed by atoms with Crippen molar-refractivity contribution in [2.24, 2.45) is 5.10 Å². The third kappa shape index (κ3) is 5.97. The van der Waals surface area contributed by atoms with Crippen molar-refractivity contribution >= 4 is 52.3 Å². The third-order valence-corrected chi connectivity index (χ3v) is 5.51. The second-order valence-corrected chi connectivity index (χ2v) is 8.39. The van der Waals surface area contributed by atoms with Crippen LogP contribution in [0.1, 0.15) is 39.0 Å². The van der Waals surface area contributed by atoms with E-state index in [1.807, 2.05) is 6.92 Å². The maximum atomic E-state index is 12.4. The highest BCUT2D eigenvalue weighted by atomic mass is 35.5. The number of hydrogen-bond donors (Lipinski definition) is 2. The molecular weight excluding hydrogens is 507 g/mol. The van der Waals surface area contributed by atoms with Crippen molar-refractivity contribution in [3.8, 4) is 11.5 Å². The Bertz CT molecular complexity index is 1450. The molecule has 0 saturated carbocycles. The van der Waals surface area contributed by atoms with E-state index in [0.717, 1.165) is 5.56 Å². The monoisotopic (exact) mass is 526 g/mol. The van der Waals surface area contributed by atoms with Gasteiger partial charge < -0.3 is 19.0 Å². The number of nitrogens with zero attached hydrogens (tertiary/aromatic N) is 1. The van der Waals surface area contributed by atoms with E-state index in [1.54, 1.807) is 48.5 Å². The van der Waals surface area contributed by atoms with Crippen LogP contribution in [0.15, 0.2) is 70.2 Å². The number of nitrogens with one attached hydrogen (secondary N) is 1. The number of hydrogen-bond acceptors (Lipinski definition) is 6. The molecule has 0 spiro atoms. The molecule has 184 valence electrons. The van der Waals surface area contributed by atoms with Crippen molar-refractivity contribution in [2.75, 3.05) is 6.61 Å². The predicted octanol–water partition coefficient (Wildman–Crippen LogP) is 6.18. The number of furan rings is 1. The van der Waals surface area contributed by atoms with Crippen LogP contribution < -0.4 is 14.9 Å². The molecule has 0 saturated heterocycles. The smallest absolute Gasteiger partial charge is 0.335 e. The largest absolute Gasteiger partial charge is 0.490 e. The maximum Gasteiger partial charge on any atom is 0.335 e. The third-order valence-electron chi connectivity index (χ3n) is 5.00. The van der Waals surface area contributed by atoms with Gasteiger partial charge in [-0.2, -0.15) is 5.10 Å². The quantitative estimate of drug-likeness (QED) is 0.199. The van der Waals surface area contributed by atoms with Crippen LogP contribution in [0.3, 0.4) is 0 Å². The summed E-state index contributed by atoms with van der Waals surface area (Å²) in [5.41, 5.74) is 4.47. The topological polar surface area (TPSA) is 110 Å². The minimum atomic E-state index is -1.000. The molecule has 4 aromatic rings. The van der Waals surface area contributed by atoms with Crippen molar-refractivity contribution in [2.45, 2.75) is 13.5 Å². The van der Waals surface area contributed by atoms with E-state index in [1.165, 1.54) is 18.3 Å². The van der Waals surface area contributed by atoms with E-state index >= 15 is 0 Å². The van der Waals surface area contributed by atoms with Crippen molar-refractivity contribution in [1.29, 1.82) is 0 Å². The van der Waals surface area contributed by atoms with Crippen LogP contribution in [0.4, 0.5) is 0 Å². The average Bonchev–Trinajstić information content (AvgIpc) is 3.27. The highest BCUT2D eigenvalue weighted by molar-refractivity contribution is 6.32. The molecule has 0 unspecified atom stereocenters. The van der Waals surface area contributed by atoms with E-state index in [9.17, 15) is 9.59 Å². The zero-order valence-electron chi connectivity index (χ0n) is 19.0. The zero-order chi connectivity index (χ0) is 25.7. The number of carboxylic acid groups (broad SMARTS) is 1. The molecule has 0 bridgehead atoms. The molecule has 0 atom stereocenters. The highest BCUT2D eigenvalue weighted by Crippen LogP contribution is 2.37. The number of carboxylic acids is 1. The summed E-state index contributed by atoms with van der Waals surface area (Å²) in [6, 6.07) is 16.3. The van der Waals surface area contributed by atoms with Gasteiger partial charge in [0.05, 0.1) is 23.4 Å². The van der Waals surface area contributed by atoms with E-state index < -0.39 is 11.9 Å². The van der Waals surface area contributed by atoms with Crippen molar-refractivity contribution in [3.05, 3.63) is 93.2 Å². The summed E-state index contributed by atoms with van der Waals surface area (Å²) in [6.45, 7) is 2.35. The molecule has 0 aliphatic heterocycles. The lowest BCUT2D eigenvalue weighted by atomic mass is 10.1. The molecular formula is C26H20Cl2N2O6. The van der Waals surface area contributed by atoms with E-state index in [2.05, 4.69) is 10.5 Å². The van der Waals surface area contributed by atoms with Crippen LogP contribution in [0.2, 0.25) is 10.0 Å². The summed E-state index contributed by atoms with van der Waals surface area (Å²) >= 11 is 12.4. The Kier molecular flexibility index (Phi) is 7.77. The molecule has 1 aromatic heterocycles. The first-order valence-electron chi connectivity index (χ1n) is 10.8. The number of rotatable bonds is 9. The molecule has 36 heavy (non-hydrogen) atoms. The number of benzene rings is 3. The van der Waals surface area contributed by atoms with Crippen LogP contribution in [-0.4, -0.2) is 29.8 Å². The molecule has 0 fully saturated rings. The van der Waals surface area contributed by atoms with Gasteiger partial charge in [-0.15, -0.1) is 0 Å². The fourth-order valence-corrected chi connectivity index (χ4v) is 3.77. The van der Waals surface area contributed by atoms with Crippen molar-refractivity contribution in [1.82, 2.24) is 5.43 Å². The van der Waals surface area contributed by atoms with Crippen LogP contribution >= 0.6 is 23.2 Å². The molecule has 2 N–H and O–H groups in total. The van der Waals surface area contributed by atoms with Gasteiger partial charge in [-0.3, -0.25) is 4.79 Å². The van der Waals surface area contributed by atoms with Crippen LogP contribution in [0, 0.1) is 0 Å². The van der Waals surface area contributed by atoms with Gasteiger partial charge in [0, 0.05) is 10.4 Å². The normalized spacial score (nSPS) is 11.1. The lowest BCUT2D eigenvalue weighted by molar-refractivity contribution is 0.0696. The summed E-state index contributed by atoms with van der Waals surface area (Å²) in [6.07, 6.45) is 1.42. The average molecular weight is 527 g/mol. The predicted molar refractivity (Wildman–Crippen MR) is 137 cm³/mol. The molecule has 0 aliphatic carbocycles. The molecule has 0 aliphatic rings. The Hall–Kier alpha value is -4.01. The lowest BCUT2D eigenvalue weighted by Crippen LogP contribution is -2.16. The van der Waals surface area contributed by atoms with Gasteiger partial charge in [-0.25, -0.2) is 10.2 Å². The fraction of sp³-hybridized carbons (Fsp3) is 0.115. The van der Waals surface area contributed by atoms with Gasteiger partial charge in [-0.1, -0.05) is 35.3 Å². The Balaban J connectivity index is 1.45. The molecule has 1 amide bonds. The maximum absolute atomic E-state index is 12.4. The lowest BCUT2D eigenvalue weighted by Gasteiger charge is -2.14. The fourth-order valence-electron chi connectivity index (χ4n) is 3.31. The van der Waals surface area contributed by atoms with Crippen LogP contribution in [-0.2, 0) is 6.61 Å². The summed E-state index contributed by atoms with van der Waals surface area (Å²) in [5.74, 6) is -0.696. The SMILES string of the molecule is CCOc1cc(/C=N\NC(=O)c2cc3cc(Cl)ccc3o2)cc(Cl)c1OCc1ccc(C(=O)O)cc1.